The van der Waals surface area contributed by atoms with E-state index in [0.29, 0.717) is 18.8 Å². The first-order valence-corrected chi connectivity index (χ1v) is 7.38. The van der Waals surface area contributed by atoms with Gasteiger partial charge >= 0.3 is 5.97 Å². The van der Waals surface area contributed by atoms with Gasteiger partial charge in [-0.2, -0.15) is 0 Å². The maximum Gasteiger partial charge on any atom is 0.356 e. The summed E-state index contributed by atoms with van der Waals surface area (Å²) in [7, 11) is 1.36. The van der Waals surface area contributed by atoms with Gasteiger partial charge in [-0.1, -0.05) is 26.8 Å². The van der Waals surface area contributed by atoms with Gasteiger partial charge in [0.15, 0.2) is 0 Å². The number of nitrogens with zero attached hydrogens (tertiary/aromatic N) is 2. The minimum Gasteiger partial charge on any atom is -0.464 e. The number of aromatic nitrogens is 1. The molecule has 118 valence electrons. The van der Waals surface area contributed by atoms with Crippen molar-refractivity contribution < 1.29 is 9.53 Å². The molecule has 0 aliphatic carbocycles. The Morgan fingerprint density at radius 1 is 1.43 bits per heavy atom. The van der Waals surface area contributed by atoms with Gasteiger partial charge in [0, 0.05) is 13.1 Å². The second-order valence-corrected chi connectivity index (χ2v) is 6.08. The van der Waals surface area contributed by atoms with Crippen LogP contribution in [0.1, 0.15) is 43.4 Å². The number of methoxy groups -OCH3 is 1. The van der Waals surface area contributed by atoms with Gasteiger partial charge in [0.1, 0.15) is 5.69 Å². The van der Waals surface area contributed by atoms with E-state index in [9.17, 15) is 4.79 Å². The van der Waals surface area contributed by atoms with Crippen LogP contribution in [0.2, 0.25) is 0 Å². The third-order valence-electron chi connectivity index (χ3n) is 3.33. The normalized spacial score (nSPS) is 11.7. The predicted octanol–water partition coefficient (Wildman–Crippen LogP) is 2.07. The standard InChI is InChI=1S/C16H27N3O2/c1-5-9-19(12-16(2,3)11-17)10-13-7-6-8-14(18-13)15(20)21-4/h6-8H,5,9-12,17H2,1-4H3. The highest BCUT2D eigenvalue weighted by Gasteiger charge is 2.20. The van der Waals surface area contributed by atoms with Crippen LogP contribution < -0.4 is 5.73 Å². The van der Waals surface area contributed by atoms with Crippen LogP contribution in [0.3, 0.4) is 0 Å². The summed E-state index contributed by atoms with van der Waals surface area (Å²) in [5, 5.41) is 0. The van der Waals surface area contributed by atoms with Crippen molar-refractivity contribution in [2.75, 3.05) is 26.7 Å². The summed E-state index contributed by atoms with van der Waals surface area (Å²) in [6, 6.07) is 5.45. The molecular weight excluding hydrogens is 266 g/mol. The van der Waals surface area contributed by atoms with Crippen molar-refractivity contribution in [3.63, 3.8) is 0 Å². The molecule has 0 saturated heterocycles. The SMILES string of the molecule is CCCN(Cc1cccc(C(=O)OC)n1)CC(C)(C)CN. The van der Waals surface area contributed by atoms with Crippen molar-refractivity contribution in [2.45, 2.75) is 33.7 Å². The van der Waals surface area contributed by atoms with Gasteiger partial charge in [0.05, 0.1) is 12.8 Å². The number of esters is 1. The molecule has 0 radical (unpaired) electrons. The summed E-state index contributed by atoms with van der Waals surface area (Å²) in [6.07, 6.45) is 1.07. The Balaban J connectivity index is 2.81. The Morgan fingerprint density at radius 2 is 2.14 bits per heavy atom. The van der Waals surface area contributed by atoms with Crippen molar-refractivity contribution in [1.29, 1.82) is 0 Å². The molecule has 0 spiro atoms. The van der Waals surface area contributed by atoms with Crippen molar-refractivity contribution in [3.05, 3.63) is 29.6 Å². The van der Waals surface area contributed by atoms with Crippen molar-refractivity contribution in [2.24, 2.45) is 11.1 Å². The first-order valence-electron chi connectivity index (χ1n) is 7.38. The molecule has 1 heterocycles. The van der Waals surface area contributed by atoms with E-state index in [1.54, 1.807) is 6.07 Å². The van der Waals surface area contributed by atoms with Gasteiger partial charge in [-0.15, -0.1) is 0 Å². The molecule has 5 nitrogen and oxygen atoms in total. The fourth-order valence-corrected chi connectivity index (χ4v) is 2.22. The zero-order chi connectivity index (χ0) is 15.9. The first kappa shape index (κ1) is 17.6. The minimum atomic E-state index is -0.402. The summed E-state index contributed by atoms with van der Waals surface area (Å²) in [5.41, 5.74) is 7.11. The van der Waals surface area contributed by atoms with Crippen LogP contribution in [0.25, 0.3) is 0 Å². The largest absolute Gasteiger partial charge is 0.464 e. The van der Waals surface area contributed by atoms with Gasteiger partial charge in [-0.3, -0.25) is 4.90 Å². The van der Waals surface area contributed by atoms with E-state index >= 15 is 0 Å². The molecule has 0 unspecified atom stereocenters. The third-order valence-corrected chi connectivity index (χ3v) is 3.33. The molecule has 0 amide bonds. The molecule has 0 saturated carbocycles. The van der Waals surface area contributed by atoms with Crippen molar-refractivity contribution in [1.82, 2.24) is 9.88 Å². The molecule has 0 aliphatic heterocycles. The van der Waals surface area contributed by atoms with E-state index in [1.807, 2.05) is 12.1 Å². The molecule has 2 N–H and O–H groups in total. The Kier molecular flexibility index (Phi) is 6.78. The average molecular weight is 293 g/mol. The second-order valence-electron chi connectivity index (χ2n) is 6.08. The molecule has 1 rings (SSSR count). The van der Waals surface area contributed by atoms with Crippen LogP contribution in [-0.4, -0.2) is 42.6 Å². The number of carbonyl (C=O) groups excluding carboxylic acids is 1. The maximum absolute atomic E-state index is 11.5. The zero-order valence-electron chi connectivity index (χ0n) is 13.6. The van der Waals surface area contributed by atoms with Gasteiger partial charge in [0.25, 0.3) is 0 Å². The number of carbonyl (C=O) groups is 1. The summed E-state index contributed by atoms with van der Waals surface area (Å²) in [4.78, 5) is 18.2. The lowest BCUT2D eigenvalue weighted by atomic mass is 9.93. The molecule has 0 aliphatic rings. The zero-order valence-corrected chi connectivity index (χ0v) is 13.6. The molecule has 0 atom stereocenters. The summed E-state index contributed by atoms with van der Waals surface area (Å²) >= 11 is 0. The second kappa shape index (κ2) is 8.10. The predicted molar refractivity (Wildman–Crippen MR) is 84.0 cm³/mol. The molecule has 1 aromatic rings. The lowest BCUT2D eigenvalue weighted by Gasteiger charge is -2.31. The van der Waals surface area contributed by atoms with Crippen LogP contribution in [-0.2, 0) is 11.3 Å². The van der Waals surface area contributed by atoms with Gasteiger partial charge < -0.3 is 10.5 Å². The molecule has 1 aromatic heterocycles. The van der Waals surface area contributed by atoms with Crippen LogP contribution in [0.4, 0.5) is 0 Å². The van der Waals surface area contributed by atoms with E-state index < -0.39 is 5.97 Å². The highest BCUT2D eigenvalue weighted by molar-refractivity contribution is 5.87. The number of hydrogen-bond acceptors (Lipinski definition) is 5. The molecule has 21 heavy (non-hydrogen) atoms. The fourth-order valence-electron chi connectivity index (χ4n) is 2.22. The quantitative estimate of drug-likeness (QED) is 0.743. The molecule has 5 heteroatoms. The first-order chi connectivity index (χ1) is 9.91. The van der Waals surface area contributed by atoms with E-state index in [0.717, 1.165) is 25.2 Å². The van der Waals surface area contributed by atoms with Crippen molar-refractivity contribution >= 4 is 5.97 Å². The van der Waals surface area contributed by atoms with Crippen LogP contribution in [0.5, 0.6) is 0 Å². The summed E-state index contributed by atoms with van der Waals surface area (Å²) in [5.74, 6) is -0.402. The number of ether oxygens (including phenoxy) is 1. The highest BCUT2D eigenvalue weighted by atomic mass is 16.5. The van der Waals surface area contributed by atoms with Crippen molar-refractivity contribution in [3.8, 4) is 0 Å². The van der Waals surface area contributed by atoms with Gasteiger partial charge in [-0.05, 0) is 37.1 Å². The van der Waals surface area contributed by atoms with Crippen LogP contribution in [0.15, 0.2) is 18.2 Å². The molecule has 0 fully saturated rings. The van der Waals surface area contributed by atoms with E-state index in [2.05, 4.69) is 30.7 Å². The van der Waals surface area contributed by atoms with Gasteiger partial charge in [-0.25, -0.2) is 9.78 Å². The molecule has 0 bridgehead atoms. The van der Waals surface area contributed by atoms with E-state index in [4.69, 9.17) is 10.5 Å². The third kappa shape index (κ3) is 5.81. The molecular formula is C16H27N3O2. The molecule has 0 aromatic carbocycles. The van der Waals surface area contributed by atoms with Crippen LogP contribution in [0, 0.1) is 5.41 Å². The Bertz CT molecular complexity index is 461. The van der Waals surface area contributed by atoms with E-state index in [-0.39, 0.29) is 5.41 Å². The number of rotatable bonds is 8. The summed E-state index contributed by atoms with van der Waals surface area (Å²) < 4.78 is 4.71. The lowest BCUT2D eigenvalue weighted by molar-refractivity contribution is 0.0593. The summed E-state index contributed by atoms with van der Waals surface area (Å²) in [6.45, 7) is 9.71. The maximum atomic E-state index is 11.5. The number of nitrogens with two attached hydrogens (primary N) is 1. The minimum absolute atomic E-state index is 0.0646. The Labute approximate surface area is 127 Å². The van der Waals surface area contributed by atoms with E-state index in [1.165, 1.54) is 7.11 Å². The van der Waals surface area contributed by atoms with Gasteiger partial charge in [0.2, 0.25) is 0 Å². The monoisotopic (exact) mass is 293 g/mol. The average Bonchev–Trinajstić information content (AvgIpc) is 2.46. The lowest BCUT2D eigenvalue weighted by Crippen LogP contribution is -2.39. The van der Waals surface area contributed by atoms with Crippen LogP contribution >= 0.6 is 0 Å². The number of hydrogen-bond donors (Lipinski definition) is 1. The fraction of sp³-hybridized carbons (Fsp3) is 0.625. The smallest absolute Gasteiger partial charge is 0.356 e. The Morgan fingerprint density at radius 3 is 2.71 bits per heavy atom. The number of pyridine rings is 1. The Hall–Kier alpha value is -1.46. The topological polar surface area (TPSA) is 68.5 Å². The highest BCUT2D eigenvalue weighted by Crippen LogP contribution is 2.17.